The number of nitrogens with one attached hydrogen (secondary N) is 2. The maximum Gasteiger partial charge on any atom is 0.407 e. The lowest BCUT2D eigenvalue weighted by Crippen LogP contribution is -2.33. The fourth-order valence-electron chi connectivity index (χ4n) is 2.60. The first-order valence-corrected chi connectivity index (χ1v) is 9.69. The number of benzene rings is 1. The number of hydrogen-bond acceptors (Lipinski definition) is 5. The van der Waals surface area contributed by atoms with Gasteiger partial charge < -0.3 is 20.3 Å². The summed E-state index contributed by atoms with van der Waals surface area (Å²) in [4.78, 5) is 25.8. The largest absolute Gasteiger partial charge is 0.444 e. The Balaban J connectivity index is 1.79. The van der Waals surface area contributed by atoms with E-state index in [1.165, 1.54) is 0 Å². The number of hydrogen-bond donors (Lipinski definition) is 2. The van der Waals surface area contributed by atoms with Crippen molar-refractivity contribution in [3.8, 4) is 0 Å². The molecule has 0 unspecified atom stereocenters. The molecule has 2 N–H and O–H groups in total. The third kappa shape index (κ3) is 7.85. The van der Waals surface area contributed by atoms with E-state index in [0.717, 1.165) is 11.3 Å². The zero-order chi connectivity index (χ0) is 21.4. The van der Waals surface area contributed by atoms with Crippen molar-refractivity contribution in [2.24, 2.45) is 0 Å². The summed E-state index contributed by atoms with van der Waals surface area (Å²) in [5.74, 6) is 0.521. The summed E-state index contributed by atoms with van der Waals surface area (Å²) < 4.78 is 6.91. The zero-order valence-electron chi connectivity index (χ0n) is 17.9. The molecule has 0 atom stereocenters. The van der Waals surface area contributed by atoms with Crippen LogP contribution in [0.3, 0.4) is 0 Å². The van der Waals surface area contributed by atoms with Crippen LogP contribution in [0.1, 0.15) is 39.2 Å². The van der Waals surface area contributed by atoms with Crippen LogP contribution in [-0.4, -0.2) is 48.0 Å². The van der Waals surface area contributed by atoms with E-state index in [4.69, 9.17) is 4.74 Å². The Morgan fingerprint density at radius 3 is 2.45 bits per heavy atom. The molecule has 0 spiro atoms. The van der Waals surface area contributed by atoms with E-state index in [1.807, 2.05) is 31.1 Å². The molecule has 0 saturated heterocycles. The van der Waals surface area contributed by atoms with Gasteiger partial charge in [-0.1, -0.05) is 12.1 Å². The molecule has 29 heavy (non-hydrogen) atoms. The van der Waals surface area contributed by atoms with Crippen LogP contribution < -0.4 is 15.5 Å². The highest BCUT2D eigenvalue weighted by molar-refractivity contribution is 5.89. The Hall–Kier alpha value is -3.03. The van der Waals surface area contributed by atoms with Gasteiger partial charge in [-0.05, 0) is 44.9 Å². The van der Waals surface area contributed by atoms with Gasteiger partial charge in [-0.25, -0.2) is 9.48 Å². The molecule has 0 aliphatic rings. The van der Waals surface area contributed by atoms with Gasteiger partial charge in [0.1, 0.15) is 11.4 Å². The fraction of sp³-hybridized carbons (Fsp3) is 0.476. The highest BCUT2D eigenvalue weighted by Gasteiger charge is 2.15. The van der Waals surface area contributed by atoms with Gasteiger partial charge in [0, 0.05) is 38.8 Å². The first-order chi connectivity index (χ1) is 13.6. The predicted molar refractivity (Wildman–Crippen MR) is 114 cm³/mol. The molecule has 0 aliphatic heterocycles. The van der Waals surface area contributed by atoms with E-state index >= 15 is 0 Å². The van der Waals surface area contributed by atoms with E-state index < -0.39 is 11.7 Å². The van der Waals surface area contributed by atoms with Crippen LogP contribution in [0.5, 0.6) is 0 Å². The van der Waals surface area contributed by atoms with E-state index in [2.05, 4.69) is 27.9 Å². The van der Waals surface area contributed by atoms with Crippen molar-refractivity contribution in [2.45, 2.75) is 45.8 Å². The van der Waals surface area contributed by atoms with E-state index in [1.54, 1.807) is 37.7 Å². The number of rotatable bonds is 8. The number of alkyl carbamates (subject to hydrolysis) is 1. The lowest BCUT2D eigenvalue weighted by Gasteiger charge is -2.19. The van der Waals surface area contributed by atoms with Crippen molar-refractivity contribution in [1.82, 2.24) is 15.1 Å². The number of ether oxygens (including phenoxy) is 1. The van der Waals surface area contributed by atoms with Gasteiger partial charge in [0.05, 0.1) is 12.7 Å². The molecular weight excluding hydrogens is 370 g/mol. The molecular formula is C21H31N5O3. The van der Waals surface area contributed by atoms with Gasteiger partial charge in [0.15, 0.2) is 0 Å². The Kier molecular flexibility index (Phi) is 7.64. The molecule has 0 fully saturated rings. The lowest BCUT2D eigenvalue weighted by molar-refractivity contribution is -0.116. The smallest absolute Gasteiger partial charge is 0.407 e. The monoisotopic (exact) mass is 401 g/mol. The summed E-state index contributed by atoms with van der Waals surface area (Å²) in [6.45, 7) is 6.36. The Morgan fingerprint density at radius 2 is 1.83 bits per heavy atom. The maximum atomic E-state index is 12.2. The van der Waals surface area contributed by atoms with Crippen LogP contribution in [0, 0.1) is 0 Å². The summed E-state index contributed by atoms with van der Waals surface area (Å²) in [6, 6.07) is 9.96. The van der Waals surface area contributed by atoms with Crippen LogP contribution in [0.2, 0.25) is 0 Å². The van der Waals surface area contributed by atoms with Gasteiger partial charge in [0.25, 0.3) is 0 Å². The molecule has 0 saturated carbocycles. The maximum absolute atomic E-state index is 12.2. The topological polar surface area (TPSA) is 88.5 Å². The Labute approximate surface area is 172 Å². The number of carbonyl (C=O) groups is 2. The third-order valence-electron chi connectivity index (χ3n) is 4.02. The number of aromatic nitrogens is 2. The molecule has 1 aromatic heterocycles. The van der Waals surface area contributed by atoms with Gasteiger partial charge >= 0.3 is 6.09 Å². The summed E-state index contributed by atoms with van der Waals surface area (Å²) in [7, 11) is 4.00. The third-order valence-corrected chi connectivity index (χ3v) is 4.02. The minimum atomic E-state index is -0.535. The van der Waals surface area contributed by atoms with Crippen molar-refractivity contribution < 1.29 is 14.3 Å². The average Bonchev–Trinajstić information content (AvgIpc) is 3.04. The molecule has 2 rings (SSSR count). The Bertz CT molecular complexity index is 806. The second-order valence-corrected chi connectivity index (χ2v) is 8.02. The van der Waals surface area contributed by atoms with Crippen molar-refractivity contribution in [3.05, 3.63) is 42.1 Å². The minimum absolute atomic E-state index is 0.124. The summed E-state index contributed by atoms with van der Waals surface area (Å²) >= 11 is 0. The molecule has 1 aromatic carbocycles. The normalized spacial score (nSPS) is 11.1. The highest BCUT2D eigenvalue weighted by atomic mass is 16.6. The fourth-order valence-corrected chi connectivity index (χ4v) is 2.60. The second-order valence-electron chi connectivity index (χ2n) is 8.02. The summed E-state index contributed by atoms with van der Waals surface area (Å²) in [5.41, 5.74) is 1.69. The first-order valence-electron chi connectivity index (χ1n) is 9.69. The molecule has 0 aliphatic carbocycles. The van der Waals surface area contributed by atoms with Gasteiger partial charge in [0.2, 0.25) is 5.91 Å². The van der Waals surface area contributed by atoms with Crippen LogP contribution in [0.4, 0.5) is 16.3 Å². The van der Waals surface area contributed by atoms with Crippen LogP contribution in [0.15, 0.2) is 36.5 Å². The molecule has 0 radical (unpaired) electrons. The van der Waals surface area contributed by atoms with E-state index in [-0.39, 0.29) is 5.91 Å². The highest BCUT2D eigenvalue weighted by Crippen LogP contribution is 2.15. The van der Waals surface area contributed by atoms with Gasteiger partial charge in [-0.3, -0.25) is 4.79 Å². The molecule has 2 aromatic rings. The predicted octanol–water partition coefficient (Wildman–Crippen LogP) is 3.24. The van der Waals surface area contributed by atoms with E-state index in [0.29, 0.717) is 31.7 Å². The molecule has 8 nitrogen and oxygen atoms in total. The van der Waals surface area contributed by atoms with Crippen molar-refractivity contribution >= 4 is 23.5 Å². The molecule has 158 valence electrons. The Morgan fingerprint density at radius 1 is 1.14 bits per heavy atom. The van der Waals surface area contributed by atoms with E-state index in [9.17, 15) is 9.59 Å². The molecule has 8 heteroatoms. The van der Waals surface area contributed by atoms with Gasteiger partial charge in [-0.2, -0.15) is 5.10 Å². The van der Waals surface area contributed by atoms with Gasteiger partial charge in [-0.15, -0.1) is 0 Å². The summed E-state index contributed by atoms with van der Waals surface area (Å²) in [6.07, 6.45) is 1.99. The van der Waals surface area contributed by atoms with Crippen LogP contribution in [0.25, 0.3) is 0 Å². The van der Waals surface area contributed by atoms with Crippen molar-refractivity contribution in [3.63, 3.8) is 0 Å². The van der Waals surface area contributed by atoms with Crippen LogP contribution >= 0.6 is 0 Å². The average molecular weight is 402 g/mol. The van der Waals surface area contributed by atoms with Crippen molar-refractivity contribution in [2.75, 3.05) is 30.9 Å². The second kappa shape index (κ2) is 9.95. The number of nitrogens with zero attached hydrogens (tertiary/aromatic N) is 3. The first kappa shape index (κ1) is 22.3. The van der Waals surface area contributed by atoms with Crippen LogP contribution in [-0.2, 0) is 16.1 Å². The molecule has 1 heterocycles. The summed E-state index contributed by atoms with van der Waals surface area (Å²) in [5, 5.41) is 9.82. The minimum Gasteiger partial charge on any atom is -0.444 e. The van der Waals surface area contributed by atoms with Crippen molar-refractivity contribution in [1.29, 1.82) is 0 Å². The quantitative estimate of drug-likeness (QED) is 0.663. The standard InChI is InChI=1S/C21H31N5O3/c1-21(2,3)29-20(28)22-13-6-7-19(27)24-18-12-14-23-26(18)15-16-8-10-17(11-9-16)25(4)5/h8-12,14H,6-7,13,15H2,1-5H3,(H,22,28)(H,24,27). The number of anilines is 2. The molecule has 0 bridgehead atoms. The number of carbonyl (C=O) groups excluding carboxylic acids is 2. The number of amides is 2. The lowest BCUT2D eigenvalue weighted by atomic mass is 10.2. The molecule has 2 amide bonds. The SMILES string of the molecule is CN(C)c1ccc(Cn2nccc2NC(=O)CCCNC(=O)OC(C)(C)C)cc1. The zero-order valence-corrected chi connectivity index (χ0v) is 17.9.